The molecule has 1 aliphatic heterocycles. The minimum atomic E-state index is -1.77. The van der Waals surface area contributed by atoms with Crippen LogP contribution < -0.4 is 4.90 Å². The number of nitrogens with zero attached hydrogens (tertiary/aromatic N) is 2. The van der Waals surface area contributed by atoms with Gasteiger partial charge in [0.1, 0.15) is 0 Å². The molecule has 2 heterocycles. The molecule has 8 aromatic rings. The fourth-order valence-electron chi connectivity index (χ4n) is 7.18. The molecule has 1 aliphatic rings. The van der Waals surface area contributed by atoms with Crippen LogP contribution in [0.5, 0.6) is 0 Å². The number of benzene rings is 7. The number of para-hydroxylation sites is 4. The molecule has 0 unspecified atom stereocenters. The molecule has 214 valence electrons. The summed E-state index contributed by atoms with van der Waals surface area (Å²) in [5.41, 5.74) is 7.21. The molecule has 2 nitrogen and oxygen atoms in total. The Bertz CT molecular complexity index is 2240. The number of fused-ring (bicyclic) bond motifs is 5. The van der Waals surface area contributed by atoms with Crippen molar-refractivity contribution in [2.24, 2.45) is 0 Å². The zero-order valence-electron chi connectivity index (χ0n) is 24.6. The summed E-state index contributed by atoms with van der Waals surface area (Å²) in [6.07, 6.45) is 0. The van der Waals surface area contributed by atoms with E-state index >= 15 is 0 Å². The first-order chi connectivity index (χ1) is 22.4. The van der Waals surface area contributed by atoms with Gasteiger partial charge in [0.2, 0.25) is 0 Å². The van der Waals surface area contributed by atoms with Gasteiger partial charge in [-0.05, 0) is 84.9 Å². The van der Waals surface area contributed by atoms with E-state index in [4.69, 9.17) is 0 Å². The maximum atomic E-state index is 2.48. The van der Waals surface area contributed by atoms with Crippen LogP contribution in [0.3, 0.4) is 0 Å². The molecule has 0 saturated heterocycles. The average molecular weight is 595 g/mol. The largest absolute Gasteiger partial charge is 0.309 e. The highest BCUT2D eigenvalue weighted by Gasteiger charge is 2.42. The highest BCUT2D eigenvalue weighted by atomic mass is 32.3. The summed E-state index contributed by atoms with van der Waals surface area (Å²) in [7, 11) is -1.77. The molecule has 0 spiro atoms. The van der Waals surface area contributed by atoms with Crippen molar-refractivity contribution >= 4 is 48.9 Å². The molecule has 0 radical (unpaired) electrons. The van der Waals surface area contributed by atoms with Crippen LogP contribution in [0.2, 0.25) is 0 Å². The summed E-state index contributed by atoms with van der Waals surface area (Å²) in [5.74, 6) is 0. The van der Waals surface area contributed by atoms with Crippen molar-refractivity contribution in [1.82, 2.24) is 4.57 Å². The van der Waals surface area contributed by atoms with Crippen LogP contribution in [-0.4, -0.2) is 4.57 Å². The Hall–Kier alpha value is -5.51. The van der Waals surface area contributed by atoms with Gasteiger partial charge in [0.05, 0.1) is 22.4 Å². The Labute approximate surface area is 264 Å². The summed E-state index contributed by atoms with van der Waals surface area (Å²) in [6, 6.07) is 66.7. The lowest BCUT2D eigenvalue weighted by Crippen LogP contribution is -2.21. The first-order valence-electron chi connectivity index (χ1n) is 15.4. The van der Waals surface area contributed by atoms with Gasteiger partial charge in [-0.15, -0.1) is 10.0 Å². The second-order valence-electron chi connectivity index (χ2n) is 11.4. The molecule has 1 aromatic heterocycles. The van der Waals surface area contributed by atoms with Crippen LogP contribution in [0.1, 0.15) is 0 Å². The lowest BCUT2D eigenvalue weighted by atomic mass is 10.1. The Morgan fingerprint density at radius 3 is 1.47 bits per heavy atom. The van der Waals surface area contributed by atoms with E-state index in [1.807, 2.05) is 0 Å². The van der Waals surface area contributed by atoms with E-state index in [1.54, 1.807) is 0 Å². The van der Waals surface area contributed by atoms with E-state index in [2.05, 4.69) is 191 Å². The van der Waals surface area contributed by atoms with Gasteiger partial charge in [-0.3, -0.25) is 0 Å². The predicted octanol–water partition coefficient (Wildman–Crippen LogP) is 11.9. The first kappa shape index (κ1) is 25.9. The zero-order chi connectivity index (χ0) is 29.8. The van der Waals surface area contributed by atoms with Gasteiger partial charge < -0.3 is 9.47 Å². The smallest absolute Gasteiger partial charge is 0.0592 e. The molecule has 3 heteroatoms. The van der Waals surface area contributed by atoms with Crippen LogP contribution in [0.25, 0.3) is 27.5 Å². The van der Waals surface area contributed by atoms with E-state index in [9.17, 15) is 0 Å². The molecule has 45 heavy (non-hydrogen) atoms. The fraction of sp³-hybridized carbons (Fsp3) is 0. The molecular weight excluding hydrogens is 565 g/mol. The van der Waals surface area contributed by atoms with Gasteiger partial charge in [-0.1, -0.05) is 97.1 Å². The average Bonchev–Trinajstić information content (AvgIpc) is 3.45. The SMILES string of the molecule is c1ccc(-n2c3ccccc3c3cc(N4c5ccccc5S(c5ccccc5)(c5ccccc5)c5ccccc54)ccc32)cc1. The monoisotopic (exact) mass is 594 g/mol. The van der Waals surface area contributed by atoms with Crippen LogP contribution in [0.15, 0.2) is 202 Å². The number of hydrogen-bond acceptors (Lipinski definition) is 1. The van der Waals surface area contributed by atoms with Crippen molar-refractivity contribution in [3.63, 3.8) is 0 Å². The van der Waals surface area contributed by atoms with Gasteiger partial charge in [0.25, 0.3) is 0 Å². The van der Waals surface area contributed by atoms with Gasteiger partial charge in [0, 0.05) is 41.7 Å². The third-order valence-corrected chi connectivity index (χ3v) is 13.0. The van der Waals surface area contributed by atoms with E-state index in [0.29, 0.717) is 0 Å². The summed E-state index contributed by atoms with van der Waals surface area (Å²) in [4.78, 5) is 7.88. The molecule has 0 bridgehead atoms. The predicted molar refractivity (Wildman–Crippen MR) is 189 cm³/mol. The number of hydrogen-bond donors (Lipinski definition) is 0. The van der Waals surface area contributed by atoms with Gasteiger partial charge in [0.15, 0.2) is 0 Å². The molecule has 0 atom stereocenters. The lowest BCUT2D eigenvalue weighted by Gasteiger charge is -2.49. The third-order valence-electron chi connectivity index (χ3n) is 8.99. The topological polar surface area (TPSA) is 8.17 Å². The highest BCUT2D eigenvalue weighted by Crippen LogP contribution is 2.79. The second-order valence-corrected chi connectivity index (χ2v) is 14.4. The van der Waals surface area contributed by atoms with E-state index in [0.717, 1.165) is 5.69 Å². The normalized spacial score (nSPS) is 14.2. The molecule has 0 aliphatic carbocycles. The van der Waals surface area contributed by atoms with Gasteiger partial charge >= 0.3 is 0 Å². The highest BCUT2D eigenvalue weighted by molar-refractivity contribution is 8.34. The lowest BCUT2D eigenvalue weighted by molar-refractivity contribution is 1.12. The standard InChI is InChI=1S/C42H30N2S/c1-4-16-31(17-5-1)43-37-23-11-10-22-35(37)36-30-32(28-29-38(36)43)44-39-24-12-14-26-41(39)45(33-18-6-2-7-19-33,34-20-8-3-9-21-34)42-27-15-13-25-40(42)44/h1-30H. The third kappa shape index (κ3) is 3.78. The van der Waals surface area contributed by atoms with Crippen molar-refractivity contribution in [3.8, 4) is 5.69 Å². The van der Waals surface area contributed by atoms with Crippen LogP contribution in [0, 0.1) is 0 Å². The quantitative estimate of drug-likeness (QED) is 0.197. The minimum absolute atomic E-state index is 1.16. The van der Waals surface area contributed by atoms with Crippen molar-refractivity contribution in [2.75, 3.05) is 4.90 Å². The van der Waals surface area contributed by atoms with Crippen LogP contribution in [-0.2, 0) is 0 Å². The van der Waals surface area contributed by atoms with Crippen molar-refractivity contribution < 1.29 is 0 Å². The van der Waals surface area contributed by atoms with Crippen molar-refractivity contribution in [2.45, 2.75) is 19.6 Å². The summed E-state index contributed by atoms with van der Waals surface area (Å²) >= 11 is 0. The molecule has 7 aromatic carbocycles. The van der Waals surface area contributed by atoms with Crippen LogP contribution in [0.4, 0.5) is 17.1 Å². The summed E-state index contributed by atoms with van der Waals surface area (Å²) in [6.45, 7) is 0. The van der Waals surface area contributed by atoms with Crippen molar-refractivity contribution in [3.05, 3.63) is 182 Å². The minimum Gasteiger partial charge on any atom is -0.309 e. The van der Waals surface area contributed by atoms with Gasteiger partial charge in [-0.25, -0.2) is 0 Å². The van der Waals surface area contributed by atoms with E-state index < -0.39 is 10.0 Å². The number of anilines is 3. The van der Waals surface area contributed by atoms with Crippen molar-refractivity contribution in [1.29, 1.82) is 0 Å². The van der Waals surface area contributed by atoms with E-state index in [1.165, 1.54) is 58.4 Å². The Morgan fingerprint density at radius 2 is 0.844 bits per heavy atom. The van der Waals surface area contributed by atoms with Crippen LogP contribution >= 0.6 is 10.0 Å². The maximum Gasteiger partial charge on any atom is 0.0592 e. The molecule has 0 saturated carbocycles. The molecular formula is C42H30N2S. The zero-order valence-corrected chi connectivity index (χ0v) is 25.4. The number of rotatable bonds is 4. The molecule has 0 N–H and O–H groups in total. The first-order valence-corrected chi connectivity index (χ1v) is 17.0. The van der Waals surface area contributed by atoms with Gasteiger partial charge in [-0.2, -0.15) is 0 Å². The molecule has 0 fully saturated rings. The Kier molecular flexibility index (Phi) is 5.93. The fourth-order valence-corrected chi connectivity index (χ4v) is 11.3. The molecule has 0 amide bonds. The summed E-state index contributed by atoms with van der Waals surface area (Å²) < 4.78 is 2.38. The maximum absolute atomic E-state index is 2.48. The Morgan fingerprint density at radius 1 is 0.356 bits per heavy atom. The second kappa shape index (κ2) is 10.3. The number of aromatic nitrogens is 1. The molecule has 9 rings (SSSR count). The summed E-state index contributed by atoms with van der Waals surface area (Å²) in [5, 5.41) is 2.50. The van der Waals surface area contributed by atoms with E-state index in [-0.39, 0.29) is 0 Å². The Balaban J connectivity index is 1.34.